The Balaban J connectivity index is 1.79. The van der Waals surface area contributed by atoms with Crippen molar-refractivity contribution in [3.8, 4) is 0 Å². The van der Waals surface area contributed by atoms with Crippen molar-refractivity contribution >= 4 is 11.9 Å². The zero-order valence-corrected chi connectivity index (χ0v) is 15.6. The molecule has 0 radical (unpaired) electrons. The first kappa shape index (κ1) is 19.2. The molecule has 138 valence electrons. The molecule has 1 atom stereocenters. The fourth-order valence-corrected chi connectivity index (χ4v) is 2.98. The Morgan fingerprint density at radius 2 is 1.84 bits per heavy atom. The molecular weight excluding hydrogens is 318 g/mol. The van der Waals surface area contributed by atoms with Gasteiger partial charge in [0.15, 0.2) is 0 Å². The zero-order valence-electron chi connectivity index (χ0n) is 15.6. The summed E-state index contributed by atoms with van der Waals surface area (Å²) in [5.41, 5.74) is 1.95. The number of rotatable bonds is 5. The van der Waals surface area contributed by atoms with E-state index in [1.54, 1.807) is 11.1 Å². The van der Waals surface area contributed by atoms with E-state index in [-0.39, 0.29) is 24.0 Å². The molecule has 2 heterocycles. The first-order valence-electron chi connectivity index (χ1n) is 8.85. The molecule has 1 aromatic rings. The van der Waals surface area contributed by atoms with E-state index in [1.807, 2.05) is 39.8 Å². The average molecular weight is 347 g/mol. The second-order valence-electron chi connectivity index (χ2n) is 6.86. The van der Waals surface area contributed by atoms with Gasteiger partial charge in [-0.3, -0.25) is 14.7 Å². The fourth-order valence-electron chi connectivity index (χ4n) is 2.98. The number of carbonyl (C=O) groups is 2. The molecule has 25 heavy (non-hydrogen) atoms. The number of carbonyl (C=O) groups excluding carboxylic acids is 2. The summed E-state index contributed by atoms with van der Waals surface area (Å²) < 4.78 is 0. The Kier molecular flexibility index (Phi) is 6.75. The van der Waals surface area contributed by atoms with Gasteiger partial charge in [0.05, 0.1) is 18.3 Å². The maximum atomic E-state index is 12.5. The van der Waals surface area contributed by atoms with Crippen LogP contribution in [0.5, 0.6) is 0 Å². The van der Waals surface area contributed by atoms with Crippen LogP contribution in [-0.2, 0) is 4.79 Å². The minimum absolute atomic E-state index is 0.0344. The van der Waals surface area contributed by atoms with Crippen molar-refractivity contribution in [2.75, 3.05) is 32.7 Å². The average Bonchev–Trinajstić information content (AvgIpc) is 2.54. The van der Waals surface area contributed by atoms with Crippen LogP contribution in [-0.4, -0.2) is 65.5 Å². The van der Waals surface area contributed by atoms with Crippen LogP contribution in [0.1, 0.15) is 38.1 Å². The van der Waals surface area contributed by atoms with Crippen molar-refractivity contribution in [1.29, 1.82) is 0 Å². The van der Waals surface area contributed by atoms with Gasteiger partial charge in [0.25, 0.3) is 0 Å². The molecule has 1 fully saturated rings. The number of aryl methyl sites for hydroxylation is 1. The van der Waals surface area contributed by atoms with Gasteiger partial charge in [-0.05, 0) is 39.3 Å². The standard InChI is InChI=1S/C18H29N5O2/c1-13(2)20-16(24)12-22-8-10-23(11-9-22)18(25)21-15(4)17-14(3)6-5-7-19-17/h5-7,13,15H,8-12H2,1-4H3,(H,20,24)(H,21,25)/t15-/m0/s1. The number of hydrogen-bond donors (Lipinski definition) is 2. The minimum Gasteiger partial charge on any atom is -0.353 e. The number of nitrogens with zero attached hydrogens (tertiary/aromatic N) is 3. The number of piperazine rings is 1. The van der Waals surface area contributed by atoms with E-state index in [9.17, 15) is 9.59 Å². The minimum atomic E-state index is -0.136. The maximum Gasteiger partial charge on any atom is 0.318 e. The molecule has 1 saturated heterocycles. The van der Waals surface area contributed by atoms with E-state index in [4.69, 9.17) is 0 Å². The van der Waals surface area contributed by atoms with Crippen LogP contribution < -0.4 is 10.6 Å². The number of aromatic nitrogens is 1. The summed E-state index contributed by atoms with van der Waals surface area (Å²) >= 11 is 0. The highest BCUT2D eigenvalue weighted by molar-refractivity contribution is 5.78. The lowest BCUT2D eigenvalue weighted by Crippen LogP contribution is -2.54. The number of nitrogens with one attached hydrogen (secondary N) is 2. The number of amides is 3. The smallest absolute Gasteiger partial charge is 0.318 e. The lowest BCUT2D eigenvalue weighted by Gasteiger charge is -2.35. The first-order chi connectivity index (χ1) is 11.9. The first-order valence-corrected chi connectivity index (χ1v) is 8.85. The van der Waals surface area contributed by atoms with Gasteiger partial charge in [0.2, 0.25) is 5.91 Å². The zero-order chi connectivity index (χ0) is 18.4. The van der Waals surface area contributed by atoms with Gasteiger partial charge in [-0.1, -0.05) is 6.07 Å². The second kappa shape index (κ2) is 8.80. The van der Waals surface area contributed by atoms with Crippen molar-refractivity contribution in [2.24, 2.45) is 0 Å². The molecule has 2 N–H and O–H groups in total. The predicted octanol–water partition coefficient (Wildman–Crippen LogP) is 1.30. The molecule has 3 amide bonds. The molecule has 0 unspecified atom stereocenters. The van der Waals surface area contributed by atoms with Gasteiger partial charge in [0, 0.05) is 38.4 Å². The van der Waals surface area contributed by atoms with Gasteiger partial charge < -0.3 is 15.5 Å². The predicted molar refractivity (Wildman–Crippen MR) is 97.2 cm³/mol. The van der Waals surface area contributed by atoms with Crippen LogP contribution in [0.3, 0.4) is 0 Å². The van der Waals surface area contributed by atoms with Gasteiger partial charge in [-0.15, -0.1) is 0 Å². The third-order valence-electron chi connectivity index (χ3n) is 4.28. The molecule has 0 saturated carbocycles. The summed E-state index contributed by atoms with van der Waals surface area (Å²) in [6, 6.07) is 3.82. The molecule has 0 aliphatic carbocycles. The van der Waals surface area contributed by atoms with Crippen LogP contribution in [0.15, 0.2) is 18.3 Å². The third-order valence-corrected chi connectivity index (χ3v) is 4.28. The third kappa shape index (κ3) is 5.70. The number of urea groups is 1. The summed E-state index contributed by atoms with van der Waals surface area (Å²) in [4.78, 5) is 32.5. The molecule has 0 bridgehead atoms. The summed E-state index contributed by atoms with van der Waals surface area (Å²) in [7, 11) is 0. The van der Waals surface area contributed by atoms with Gasteiger partial charge in [0.1, 0.15) is 0 Å². The van der Waals surface area contributed by atoms with Crippen LogP contribution >= 0.6 is 0 Å². The van der Waals surface area contributed by atoms with Crippen LogP contribution in [0.2, 0.25) is 0 Å². The Morgan fingerprint density at radius 1 is 1.16 bits per heavy atom. The SMILES string of the molecule is Cc1cccnc1[C@H](C)NC(=O)N1CCN(CC(=O)NC(C)C)CC1. The summed E-state index contributed by atoms with van der Waals surface area (Å²) in [5.74, 6) is 0.0344. The number of pyridine rings is 1. The lowest BCUT2D eigenvalue weighted by atomic mass is 10.1. The van der Waals surface area contributed by atoms with E-state index in [2.05, 4.69) is 20.5 Å². The fraction of sp³-hybridized carbons (Fsp3) is 0.611. The highest BCUT2D eigenvalue weighted by Crippen LogP contribution is 2.14. The molecule has 1 aliphatic rings. The molecule has 1 aromatic heterocycles. The molecule has 0 aromatic carbocycles. The van der Waals surface area contributed by atoms with E-state index >= 15 is 0 Å². The molecule has 7 heteroatoms. The lowest BCUT2D eigenvalue weighted by molar-refractivity contribution is -0.123. The van der Waals surface area contributed by atoms with E-state index in [0.717, 1.165) is 11.3 Å². The van der Waals surface area contributed by atoms with Crippen molar-refractivity contribution in [3.63, 3.8) is 0 Å². The molecule has 1 aliphatic heterocycles. The van der Waals surface area contributed by atoms with Crippen LogP contribution in [0.4, 0.5) is 4.79 Å². The number of hydrogen-bond acceptors (Lipinski definition) is 4. The molecule has 7 nitrogen and oxygen atoms in total. The highest BCUT2D eigenvalue weighted by atomic mass is 16.2. The highest BCUT2D eigenvalue weighted by Gasteiger charge is 2.24. The van der Waals surface area contributed by atoms with Crippen molar-refractivity contribution in [1.82, 2.24) is 25.4 Å². The molecule has 2 rings (SSSR count). The van der Waals surface area contributed by atoms with E-state index < -0.39 is 0 Å². The summed E-state index contributed by atoms with van der Waals surface area (Å²) in [6.07, 6.45) is 1.74. The Morgan fingerprint density at radius 3 is 2.44 bits per heavy atom. The summed E-state index contributed by atoms with van der Waals surface area (Å²) in [5, 5.41) is 5.91. The Labute approximate surface area is 149 Å². The largest absolute Gasteiger partial charge is 0.353 e. The topological polar surface area (TPSA) is 77.6 Å². The molecule has 0 spiro atoms. The Bertz CT molecular complexity index is 597. The Hall–Kier alpha value is -2.15. The van der Waals surface area contributed by atoms with Crippen LogP contribution in [0, 0.1) is 6.92 Å². The van der Waals surface area contributed by atoms with E-state index in [0.29, 0.717) is 32.7 Å². The second-order valence-corrected chi connectivity index (χ2v) is 6.86. The normalized spacial score (nSPS) is 16.6. The van der Waals surface area contributed by atoms with Gasteiger partial charge in [-0.25, -0.2) is 4.79 Å². The van der Waals surface area contributed by atoms with Crippen molar-refractivity contribution in [3.05, 3.63) is 29.6 Å². The maximum absolute atomic E-state index is 12.5. The van der Waals surface area contributed by atoms with Crippen molar-refractivity contribution < 1.29 is 9.59 Å². The summed E-state index contributed by atoms with van der Waals surface area (Å²) in [6.45, 7) is 10.9. The van der Waals surface area contributed by atoms with Crippen LogP contribution in [0.25, 0.3) is 0 Å². The van der Waals surface area contributed by atoms with E-state index in [1.165, 1.54) is 0 Å². The monoisotopic (exact) mass is 347 g/mol. The van der Waals surface area contributed by atoms with Crippen molar-refractivity contribution in [2.45, 2.75) is 39.8 Å². The quantitative estimate of drug-likeness (QED) is 0.842. The molecular formula is C18H29N5O2. The van der Waals surface area contributed by atoms with Gasteiger partial charge >= 0.3 is 6.03 Å². The van der Waals surface area contributed by atoms with Gasteiger partial charge in [-0.2, -0.15) is 0 Å².